The molecule has 3 aromatic rings. The zero-order valence-electron chi connectivity index (χ0n) is 16.6. The average Bonchev–Trinajstić information content (AvgIpc) is 3.33. The number of nitrogens with one attached hydrogen (secondary N) is 1. The number of rotatable bonds is 6. The first-order valence-electron chi connectivity index (χ1n) is 9.76. The van der Waals surface area contributed by atoms with Gasteiger partial charge in [0.15, 0.2) is 0 Å². The lowest BCUT2D eigenvalue weighted by Gasteiger charge is -2.15. The second kappa shape index (κ2) is 8.58. The molecule has 10 heteroatoms. The summed E-state index contributed by atoms with van der Waals surface area (Å²) < 4.78 is 3.24. The largest absolute Gasteiger partial charge is 0.353 e. The van der Waals surface area contributed by atoms with Gasteiger partial charge in [-0.05, 0) is 33.1 Å². The highest BCUT2D eigenvalue weighted by Gasteiger charge is 2.22. The Kier molecular flexibility index (Phi) is 5.91. The number of hydrogen-bond donors (Lipinski definition) is 1. The molecule has 0 saturated heterocycles. The van der Waals surface area contributed by atoms with Crippen molar-refractivity contribution in [3.05, 3.63) is 48.5 Å². The van der Waals surface area contributed by atoms with Gasteiger partial charge in [-0.3, -0.25) is 9.36 Å². The Morgan fingerprint density at radius 1 is 1.17 bits per heavy atom. The molecule has 0 fully saturated rings. The van der Waals surface area contributed by atoms with E-state index in [1.165, 1.54) is 4.68 Å². The summed E-state index contributed by atoms with van der Waals surface area (Å²) in [5.41, 5.74) is 1.74. The standard InChI is InChI=1S/C19H24N6O2S2/c1-12-20-15(10-28-12)4-6-18(26)22-14-3-5-17-23-25(19(27)24(17)8-7-14)9-16-11-29-13(2)21-16/h10-11,14H,3-9H2,1-2H3,(H,22,26). The van der Waals surface area contributed by atoms with E-state index in [-0.39, 0.29) is 17.6 Å². The maximum absolute atomic E-state index is 12.7. The van der Waals surface area contributed by atoms with Gasteiger partial charge in [0, 0.05) is 36.2 Å². The van der Waals surface area contributed by atoms with Crippen molar-refractivity contribution < 1.29 is 4.79 Å². The fourth-order valence-electron chi connectivity index (χ4n) is 3.57. The van der Waals surface area contributed by atoms with Crippen LogP contribution in [0.1, 0.15) is 46.5 Å². The normalized spacial score (nSPS) is 16.4. The molecule has 154 valence electrons. The highest BCUT2D eigenvalue weighted by molar-refractivity contribution is 7.09. The smallest absolute Gasteiger partial charge is 0.346 e. The van der Waals surface area contributed by atoms with E-state index in [4.69, 9.17) is 0 Å². The maximum Gasteiger partial charge on any atom is 0.346 e. The first kappa shape index (κ1) is 20.0. The molecule has 0 aromatic carbocycles. The van der Waals surface area contributed by atoms with Crippen LogP contribution in [-0.4, -0.2) is 36.3 Å². The van der Waals surface area contributed by atoms with Crippen LogP contribution < -0.4 is 11.0 Å². The molecule has 4 rings (SSSR count). The molecule has 0 bridgehead atoms. The Balaban J connectivity index is 1.32. The Bertz CT molecular complexity index is 1060. The fraction of sp³-hybridized carbons (Fsp3) is 0.526. The van der Waals surface area contributed by atoms with Gasteiger partial charge in [-0.25, -0.2) is 19.4 Å². The van der Waals surface area contributed by atoms with Gasteiger partial charge in [0.1, 0.15) is 5.82 Å². The van der Waals surface area contributed by atoms with Gasteiger partial charge in [-0.15, -0.1) is 22.7 Å². The van der Waals surface area contributed by atoms with E-state index in [0.717, 1.165) is 40.1 Å². The van der Waals surface area contributed by atoms with E-state index in [1.54, 1.807) is 27.2 Å². The van der Waals surface area contributed by atoms with Gasteiger partial charge in [0.05, 0.1) is 27.9 Å². The number of amides is 1. The van der Waals surface area contributed by atoms with Crippen LogP contribution in [0.2, 0.25) is 0 Å². The van der Waals surface area contributed by atoms with Crippen LogP contribution >= 0.6 is 22.7 Å². The predicted octanol–water partition coefficient (Wildman–Crippen LogP) is 2.08. The molecular weight excluding hydrogens is 408 g/mol. The monoisotopic (exact) mass is 432 g/mol. The Labute approximate surface area is 176 Å². The zero-order chi connectivity index (χ0) is 20.4. The van der Waals surface area contributed by atoms with E-state index < -0.39 is 0 Å². The highest BCUT2D eigenvalue weighted by atomic mass is 32.1. The third-order valence-corrected chi connectivity index (χ3v) is 6.68. The van der Waals surface area contributed by atoms with Gasteiger partial charge in [0.2, 0.25) is 5.91 Å². The van der Waals surface area contributed by atoms with E-state index in [0.29, 0.717) is 32.4 Å². The van der Waals surface area contributed by atoms with Gasteiger partial charge in [0.25, 0.3) is 0 Å². The van der Waals surface area contributed by atoms with Gasteiger partial charge >= 0.3 is 5.69 Å². The number of carbonyl (C=O) groups excluding carboxylic acids is 1. The predicted molar refractivity (Wildman–Crippen MR) is 112 cm³/mol. The Hall–Kier alpha value is -2.33. The third-order valence-electron chi connectivity index (χ3n) is 5.04. The summed E-state index contributed by atoms with van der Waals surface area (Å²) in [5.74, 6) is 0.827. The number of aromatic nitrogens is 5. The first-order chi connectivity index (χ1) is 14.0. The number of fused-ring (bicyclic) bond motifs is 1. The molecule has 0 spiro atoms. The summed E-state index contributed by atoms with van der Waals surface area (Å²) in [6.45, 7) is 4.89. The lowest BCUT2D eigenvalue weighted by molar-refractivity contribution is -0.121. The Morgan fingerprint density at radius 3 is 2.59 bits per heavy atom. The molecule has 1 aliphatic heterocycles. The number of carbonyl (C=O) groups is 1. The second-order valence-electron chi connectivity index (χ2n) is 7.32. The average molecular weight is 433 g/mol. The van der Waals surface area contributed by atoms with Gasteiger partial charge in [-0.1, -0.05) is 0 Å². The van der Waals surface area contributed by atoms with E-state index in [1.807, 2.05) is 24.6 Å². The number of thiazole rings is 2. The molecule has 3 aromatic heterocycles. The molecule has 29 heavy (non-hydrogen) atoms. The van der Waals surface area contributed by atoms with Crippen molar-refractivity contribution in [3.8, 4) is 0 Å². The molecule has 1 unspecified atom stereocenters. The topological polar surface area (TPSA) is 94.7 Å². The quantitative estimate of drug-likeness (QED) is 0.644. The van der Waals surface area contributed by atoms with Gasteiger partial charge < -0.3 is 5.32 Å². The maximum atomic E-state index is 12.7. The Morgan fingerprint density at radius 2 is 1.90 bits per heavy atom. The second-order valence-corrected chi connectivity index (χ2v) is 9.44. The van der Waals surface area contributed by atoms with Crippen molar-refractivity contribution >= 4 is 28.6 Å². The van der Waals surface area contributed by atoms with Crippen molar-refractivity contribution in [2.75, 3.05) is 0 Å². The number of nitrogens with zero attached hydrogens (tertiary/aromatic N) is 5. The minimum Gasteiger partial charge on any atom is -0.353 e. The minimum absolute atomic E-state index is 0.0384. The van der Waals surface area contributed by atoms with Crippen molar-refractivity contribution in [2.24, 2.45) is 0 Å². The first-order valence-corrected chi connectivity index (χ1v) is 11.5. The molecule has 1 aliphatic rings. The van der Waals surface area contributed by atoms with E-state index >= 15 is 0 Å². The van der Waals surface area contributed by atoms with Crippen molar-refractivity contribution in [3.63, 3.8) is 0 Å². The number of aryl methyl sites for hydroxylation is 4. The van der Waals surface area contributed by atoms with Crippen LogP contribution in [-0.2, 0) is 30.7 Å². The summed E-state index contributed by atoms with van der Waals surface area (Å²) in [5, 5.41) is 13.6. The van der Waals surface area contributed by atoms with Crippen LogP contribution in [0.5, 0.6) is 0 Å². The van der Waals surface area contributed by atoms with Crippen LogP contribution in [0.15, 0.2) is 15.6 Å². The SMILES string of the molecule is Cc1nc(CCC(=O)NC2CCc3nn(Cc4csc(C)n4)c(=O)n3CC2)cs1. The fourth-order valence-corrected chi connectivity index (χ4v) is 4.83. The molecular formula is C19H24N6O2S2. The van der Waals surface area contributed by atoms with Crippen molar-refractivity contribution in [2.45, 2.75) is 65.1 Å². The number of hydrogen-bond acceptors (Lipinski definition) is 7. The van der Waals surface area contributed by atoms with E-state index in [9.17, 15) is 9.59 Å². The highest BCUT2D eigenvalue weighted by Crippen LogP contribution is 2.14. The van der Waals surface area contributed by atoms with Crippen LogP contribution in [0.4, 0.5) is 0 Å². The van der Waals surface area contributed by atoms with Crippen molar-refractivity contribution in [1.29, 1.82) is 0 Å². The molecule has 0 aliphatic carbocycles. The van der Waals surface area contributed by atoms with Crippen LogP contribution in [0.25, 0.3) is 0 Å². The summed E-state index contributed by atoms with van der Waals surface area (Å²) in [6, 6.07) is 0.0652. The molecule has 8 nitrogen and oxygen atoms in total. The zero-order valence-corrected chi connectivity index (χ0v) is 18.2. The summed E-state index contributed by atoms with van der Waals surface area (Å²) in [4.78, 5) is 33.8. The third kappa shape index (κ3) is 4.81. The van der Waals surface area contributed by atoms with Crippen LogP contribution in [0.3, 0.4) is 0 Å². The molecule has 0 saturated carbocycles. The minimum atomic E-state index is -0.100. The molecule has 1 N–H and O–H groups in total. The van der Waals surface area contributed by atoms with Crippen molar-refractivity contribution in [1.82, 2.24) is 29.6 Å². The van der Waals surface area contributed by atoms with Gasteiger partial charge in [-0.2, -0.15) is 5.10 Å². The summed E-state index contributed by atoms with van der Waals surface area (Å²) in [7, 11) is 0. The lowest BCUT2D eigenvalue weighted by Crippen LogP contribution is -2.36. The van der Waals surface area contributed by atoms with E-state index in [2.05, 4.69) is 20.4 Å². The molecule has 1 amide bonds. The van der Waals surface area contributed by atoms with Crippen LogP contribution in [0, 0.1) is 13.8 Å². The molecule has 1 atom stereocenters. The summed E-state index contributed by atoms with van der Waals surface area (Å²) in [6.07, 6.45) is 3.29. The molecule has 4 heterocycles. The molecule has 0 radical (unpaired) electrons. The lowest BCUT2D eigenvalue weighted by atomic mass is 10.1. The summed E-state index contributed by atoms with van der Waals surface area (Å²) >= 11 is 3.18.